The Morgan fingerprint density at radius 3 is 2.66 bits per heavy atom. The van der Waals surface area contributed by atoms with E-state index in [0.29, 0.717) is 46.7 Å². The number of carbonyl (C=O) groups excluding carboxylic acids is 1. The summed E-state index contributed by atoms with van der Waals surface area (Å²) < 4.78 is 53.8. The molecule has 2 N–H and O–H groups in total. The molecule has 1 aromatic carbocycles. The van der Waals surface area contributed by atoms with E-state index in [-0.39, 0.29) is 31.1 Å². The molecule has 5 rings (SSSR count). The highest BCUT2D eigenvalue weighted by molar-refractivity contribution is 5.99. The van der Waals surface area contributed by atoms with Crippen LogP contribution in [0.4, 0.5) is 13.2 Å². The minimum atomic E-state index is -4.66. The average Bonchev–Trinajstić information content (AvgIpc) is 3.52. The summed E-state index contributed by atoms with van der Waals surface area (Å²) in [5.74, 6) is 0.335. The van der Waals surface area contributed by atoms with E-state index >= 15 is 0 Å². The lowest BCUT2D eigenvalue weighted by atomic mass is 9.88. The Morgan fingerprint density at radius 1 is 1.18 bits per heavy atom. The fourth-order valence-electron chi connectivity index (χ4n) is 4.76. The third kappa shape index (κ3) is 4.91. The molecule has 1 amide bonds. The number of carbonyl (C=O) groups is 1. The number of nitrogens with zero attached hydrogens (tertiary/aromatic N) is 5. The number of aromatic nitrogens is 3. The molecule has 0 aliphatic carbocycles. The first-order valence-corrected chi connectivity index (χ1v) is 12.1. The Labute approximate surface area is 217 Å². The molecule has 38 heavy (non-hydrogen) atoms. The number of alkyl halides is 3. The van der Waals surface area contributed by atoms with Gasteiger partial charge in [0.15, 0.2) is 5.69 Å². The van der Waals surface area contributed by atoms with E-state index in [1.54, 1.807) is 60.5 Å². The SMILES string of the molecule is CCn1cc(-c2cc(CN3C=COC3N)cc3c2CCN(Cc2cc(OC)ccn2)C3=O)c(C(F)(F)F)n1. The topological polar surface area (TPSA) is 98.7 Å². The maximum Gasteiger partial charge on any atom is 0.435 e. The summed E-state index contributed by atoms with van der Waals surface area (Å²) in [6, 6.07) is 6.88. The van der Waals surface area contributed by atoms with E-state index in [0.717, 1.165) is 0 Å². The second-order valence-corrected chi connectivity index (χ2v) is 9.06. The van der Waals surface area contributed by atoms with Gasteiger partial charge in [0.25, 0.3) is 5.91 Å². The lowest BCUT2D eigenvalue weighted by Crippen LogP contribution is -2.38. The van der Waals surface area contributed by atoms with Gasteiger partial charge in [-0.2, -0.15) is 18.3 Å². The Morgan fingerprint density at radius 2 is 1.97 bits per heavy atom. The van der Waals surface area contributed by atoms with E-state index < -0.39 is 18.2 Å². The zero-order valence-corrected chi connectivity index (χ0v) is 20.9. The number of halogens is 3. The van der Waals surface area contributed by atoms with Gasteiger partial charge in [-0.25, -0.2) is 0 Å². The van der Waals surface area contributed by atoms with Crippen LogP contribution in [0.3, 0.4) is 0 Å². The minimum Gasteiger partial charge on any atom is -0.497 e. The zero-order chi connectivity index (χ0) is 27.0. The first kappa shape index (κ1) is 25.6. The van der Waals surface area contributed by atoms with Gasteiger partial charge in [-0.1, -0.05) is 0 Å². The summed E-state index contributed by atoms with van der Waals surface area (Å²) in [7, 11) is 1.55. The number of ether oxygens (including phenoxy) is 2. The lowest BCUT2D eigenvalue weighted by Gasteiger charge is -2.31. The van der Waals surface area contributed by atoms with Crippen LogP contribution in [0.2, 0.25) is 0 Å². The second-order valence-electron chi connectivity index (χ2n) is 9.06. The van der Waals surface area contributed by atoms with Crippen LogP contribution < -0.4 is 10.5 Å². The molecule has 1 unspecified atom stereocenters. The van der Waals surface area contributed by atoms with Crippen molar-refractivity contribution in [1.29, 1.82) is 0 Å². The van der Waals surface area contributed by atoms with Crippen LogP contribution in [0.1, 0.15) is 39.8 Å². The van der Waals surface area contributed by atoms with Crippen molar-refractivity contribution in [2.45, 2.75) is 45.5 Å². The van der Waals surface area contributed by atoms with Crippen LogP contribution in [0.5, 0.6) is 5.75 Å². The Kier molecular flexibility index (Phi) is 6.74. The highest BCUT2D eigenvalue weighted by Crippen LogP contribution is 2.40. The van der Waals surface area contributed by atoms with E-state index in [1.807, 2.05) is 0 Å². The number of aryl methyl sites for hydroxylation is 1. The molecule has 0 radical (unpaired) electrons. The number of nitrogens with two attached hydrogens (primary N) is 1. The summed E-state index contributed by atoms with van der Waals surface area (Å²) in [6.07, 6.45) is 1.09. The smallest absolute Gasteiger partial charge is 0.435 e. The van der Waals surface area contributed by atoms with Crippen molar-refractivity contribution in [3.63, 3.8) is 0 Å². The maximum atomic E-state index is 14.0. The molecule has 9 nitrogen and oxygen atoms in total. The van der Waals surface area contributed by atoms with Crippen LogP contribution >= 0.6 is 0 Å². The van der Waals surface area contributed by atoms with Gasteiger partial charge in [-0.3, -0.25) is 20.2 Å². The summed E-state index contributed by atoms with van der Waals surface area (Å²) in [5, 5.41) is 3.79. The Bertz CT molecular complexity index is 1390. The number of methoxy groups -OCH3 is 1. The van der Waals surface area contributed by atoms with Crippen molar-refractivity contribution in [2.24, 2.45) is 5.73 Å². The second kappa shape index (κ2) is 10.0. The van der Waals surface area contributed by atoms with Crippen LogP contribution in [0.15, 0.2) is 49.1 Å². The molecule has 0 fully saturated rings. The molecule has 0 saturated carbocycles. The molecule has 1 atom stereocenters. The molecule has 4 heterocycles. The van der Waals surface area contributed by atoms with Gasteiger partial charge in [0, 0.05) is 55.4 Å². The Hall–Kier alpha value is -4.06. The molecule has 2 aromatic heterocycles. The van der Waals surface area contributed by atoms with E-state index in [4.69, 9.17) is 15.2 Å². The Balaban J connectivity index is 1.58. The van der Waals surface area contributed by atoms with Gasteiger partial charge >= 0.3 is 6.18 Å². The minimum absolute atomic E-state index is 0.0503. The summed E-state index contributed by atoms with van der Waals surface area (Å²) >= 11 is 0. The fraction of sp³-hybridized carbons (Fsp3) is 0.346. The maximum absolute atomic E-state index is 14.0. The van der Waals surface area contributed by atoms with Gasteiger partial charge in [-0.05, 0) is 48.2 Å². The summed E-state index contributed by atoms with van der Waals surface area (Å²) in [4.78, 5) is 21.4. The van der Waals surface area contributed by atoms with Gasteiger partial charge < -0.3 is 19.3 Å². The number of amides is 1. The number of rotatable bonds is 7. The number of benzene rings is 1. The van der Waals surface area contributed by atoms with E-state index in [9.17, 15) is 18.0 Å². The molecule has 0 saturated heterocycles. The normalized spacial score (nSPS) is 17.1. The van der Waals surface area contributed by atoms with Gasteiger partial charge in [-0.15, -0.1) is 0 Å². The molecule has 12 heteroatoms. The van der Waals surface area contributed by atoms with Crippen LogP contribution in [-0.4, -0.2) is 50.5 Å². The third-order valence-electron chi connectivity index (χ3n) is 6.64. The zero-order valence-electron chi connectivity index (χ0n) is 20.9. The first-order valence-electron chi connectivity index (χ1n) is 12.1. The highest BCUT2D eigenvalue weighted by atomic mass is 19.4. The van der Waals surface area contributed by atoms with Gasteiger partial charge in [0.05, 0.1) is 19.3 Å². The molecule has 0 bridgehead atoms. The van der Waals surface area contributed by atoms with Crippen LogP contribution in [0, 0.1) is 0 Å². The summed E-state index contributed by atoms with van der Waals surface area (Å²) in [6.45, 7) is 2.80. The highest BCUT2D eigenvalue weighted by Gasteiger charge is 2.39. The lowest BCUT2D eigenvalue weighted by molar-refractivity contribution is -0.141. The predicted octanol–water partition coefficient (Wildman–Crippen LogP) is 3.74. The van der Waals surface area contributed by atoms with Crippen LogP contribution in [-0.2, 0) is 37.0 Å². The van der Waals surface area contributed by atoms with E-state index in [1.165, 1.54) is 17.1 Å². The largest absolute Gasteiger partial charge is 0.497 e. The van der Waals surface area contributed by atoms with Crippen molar-refractivity contribution < 1.29 is 27.4 Å². The van der Waals surface area contributed by atoms with E-state index in [2.05, 4.69) is 10.1 Å². The molecule has 3 aromatic rings. The third-order valence-corrected chi connectivity index (χ3v) is 6.64. The number of pyridine rings is 1. The number of fused-ring (bicyclic) bond motifs is 1. The molecule has 0 spiro atoms. The van der Waals surface area contributed by atoms with Crippen molar-refractivity contribution in [2.75, 3.05) is 13.7 Å². The quantitative estimate of drug-likeness (QED) is 0.499. The standard InChI is InChI=1S/C26H27F3N6O3/c1-3-35-15-22(23(32-35)26(27,28)29)20-10-16(13-34-8-9-38-25(34)30)11-21-19(20)5-7-33(24(21)36)14-17-12-18(37-2)4-6-31-17/h4,6,8-12,15,25H,3,5,7,13-14,30H2,1-2H3. The van der Waals surface area contributed by atoms with Crippen molar-refractivity contribution >= 4 is 5.91 Å². The van der Waals surface area contributed by atoms with Gasteiger partial charge in [0.1, 0.15) is 12.0 Å². The molecular weight excluding hydrogens is 501 g/mol. The average molecular weight is 529 g/mol. The van der Waals surface area contributed by atoms with Crippen LogP contribution in [0.25, 0.3) is 11.1 Å². The molecule has 2 aliphatic heterocycles. The van der Waals surface area contributed by atoms with Crippen molar-refractivity contribution in [1.82, 2.24) is 24.6 Å². The summed E-state index contributed by atoms with van der Waals surface area (Å²) in [5.41, 5.74) is 7.46. The first-order chi connectivity index (χ1) is 18.2. The molecule has 2 aliphatic rings. The van der Waals surface area contributed by atoms with Crippen molar-refractivity contribution in [3.05, 3.63) is 77.2 Å². The fourth-order valence-corrected chi connectivity index (χ4v) is 4.76. The predicted molar refractivity (Wildman–Crippen MR) is 131 cm³/mol. The number of hydrogen-bond donors (Lipinski definition) is 1. The number of hydrogen-bond acceptors (Lipinski definition) is 7. The van der Waals surface area contributed by atoms with Gasteiger partial charge in [0.2, 0.25) is 6.35 Å². The monoisotopic (exact) mass is 528 g/mol. The molecular formula is C26H27F3N6O3. The molecule has 200 valence electrons. The van der Waals surface area contributed by atoms with Crippen molar-refractivity contribution in [3.8, 4) is 16.9 Å².